The van der Waals surface area contributed by atoms with Gasteiger partial charge in [0.25, 0.3) is 0 Å². The number of aliphatic hydroxyl groups excluding tert-OH is 1. The molecule has 2 aliphatic carbocycles. The van der Waals surface area contributed by atoms with Gasteiger partial charge in [-0.05, 0) is 50.5 Å². The van der Waals surface area contributed by atoms with Crippen LogP contribution in [0.5, 0.6) is 0 Å². The summed E-state index contributed by atoms with van der Waals surface area (Å²) < 4.78 is 42.0. The third-order valence-electron chi connectivity index (χ3n) is 7.01. The zero-order chi connectivity index (χ0) is 25.5. The first kappa shape index (κ1) is 24.9. The summed E-state index contributed by atoms with van der Waals surface area (Å²) in [6.45, 7) is 1.99. The normalized spacial score (nSPS) is 24.6. The molecule has 0 spiro atoms. The van der Waals surface area contributed by atoms with Crippen LogP contribution in [0, 0.1) is 11.7 Å². The van der Waals surface area contributed by atoms with Crippen LogP contribution in [0.4, 0.5) is 10.2 Å². The van der Waals surface area contributed by atoms with Gasteiger partial charge in [-0.3, -0.25) is 0 Å². The van der Waals surface area contributed by atoms with Gasteiger partial charge in [-0.15, -0.1) is 0 Å². The highest BCUT2D eigenvalue weighted by molar-refractivity contribution is 7.91. The minimum absolute atomic E-state index is 0.00418. The summed E-state index contributed by atoms with van der Waals surface area (Å²) >= 11 is 6.15. The van der Waals surface area contributed by atoms with Crippen molar-refractivity contribution >= 4 is 38.5 Å². The zero-order valence-electron chi connectivity index (χ0n) is 19.7. The Hall–Kier alpha value is -2.82. The van der Waals surface area contributed by atoms with E-state index in [1.165, 1.54) is 18.5 Å². The summed E-state index contributed by atoms with van der Waals surface area (Å²) in [4.78, 5) is 12.9. The van der Waals surface area contributed by atoms with E-state index in [0.29, 0.717) is 22.5 Å². The third kappa shape index (κ3) is 4.42. The van der Waals surface area contributed by atoms with Crippen LogP contribution in [0.25, 0.3) is 22.4 Å². The molecule has 3 heterocycles. The van der Waals surface area contributed by atoms with Gasteiger partial charge in [0, 0.05) is 40.8 Å². The number of nitrogens with zero attached hydrogens (tertiary/aromatic N) is 4. The van der Waals surface area contributed by atoms with Gasteiger partial charge >= 0.3 is 0 Å². The number of anilines is 1. The van der Waals surface area contributed by atoms with Crippen molar-refractivity contribution in [1.29, 1.82) is 0 Å². The molecule has 3 aromatic rings. The van der Waals surface area contributed by atoms with Crippen LogP contribution in [0.15, 0.2) is 54.0 Å². The lowest BCUT2D eigenvalue weighted by atomic mass is 9.86. The molecule has 3 unspecified atom stereocenters. The number of halogens is 2. The smallest absolute Gasteiger partial charge is 0.249 e. The van der Waals surface area contributed by atoms with Crippen LogP contribution < -0.4 is 5.32 Å². The van der Waals surface area contributed by atoms with Gasteiger partial charge in [0.05, 0.1) is 12.3 Å². The molecular weight excluding hydrogens is 505 g/mol. The fourth-order valence-electron chi connectivity index (χ4n) is 4.88. The minimum atomic E-state index is -3.99. The van der Waals surface area contributed by atoms with E-state index in [4.69, 9.17) is 11.6 Å². The first-order chi connectivity index (χ1) is 17.2. The standard InChI is InChI=1S/C25H27ClFN5O3S/c1-25(10-4-7-17(26)12-25)36(34,35)32-15-19(18-8-5-11-28-24(18)32)22-30-14-20(27)23(31-22)29-13-16-6-2-3-9-21(16)33/h4-5,7-8,11-12,14-16,21,33H,2-3,6,9-10,13H2,1H3,(H,29,30,31). The maximum absolute atomic E-state index is 14.6. The molecule has 5 rings (SSSR count). The second-order valence-corrected chi connectivity index (χ2v) is 12.3. The first-order valence-corrected chi connectivity index (χ1v) is 13.7. The molecule has 1 saturated carbocycles. The van der Waals surface area contributed by atoms with Gasteiger partial charge < -0.3 is 10.4 Å². The number of rotatable bonds is 6. The predicted octanol–water partition coefficient (Wildman–Crippen LogP) is 4.61. The fraction of sp³-hybridized carbons (Fsp3) is 0.400. The molecule has 8 nitrogen and oxygen atoms in total. The Morgan fingerprint density at radius 1 is 1.31 bits per heavy atom. The summed E-state index contributed by atoms with van der Waals surface area (Å²) in [6.07, 6.45) is 12.4. The van der Waals surface area contributed by atoms with Gasteiger partial charge in [-0.25, -0.2) is 31.7 Å². The fourth-order valence-corrected chi connectivity index (χ4v) is 6.92. The SMILES string of the molecule is CC1(S(=O)(=O)n2cc(-c3ncc(F)c(NCC4CCCCC4O)n3)c3cccnc32)C=C(Cl)C=CC1. The number of fused-ring (bicyclic) bond motifs is 1. The van der Waals surface area contributed by atoms with Crippen molar-refractivity contribution < 1.29 is 17.9 Å². The van der Waals surface area contributed by atoms with Crippen molar-refractivity contribution in [2.45, 2.75) is 49.9 Å². The van der Waals surface area contributed by atoms with E-state index in [2.05, 4.69) is 20.3 Å². The topological polar surface area (TPSA) is 110 Å². The van der Waals surface area contributed by atoms with Crippen molar-refractivity contribution in [3.63, 3.8) is 0 Å². The summed E-state index contributed by atoms with van der Waals surface area (Å²) in [7, 11) is -3.99. The van der Waals surface area contributed by atoms with Crippen molar-refractivity contribution in [3.05, 3.63) is 59.8 Å². The molecule has 2 aliphatic rings. The molecule has 3 atom stereocenters. The van der Waals surface area contributed by atoms with Crippen molar-refractivity contribution in [3.8, 4) is 11.4 Å². The average molecular weight is 532 g/mol. The van der Waals surface area contributed by atoms with Crippen molar-refractivity contribution in [2.24, 2.45) is 5.92 Å². The second-order valence-electron chi connectivity index (χ2n) is 9.55. The molecule has 0 bridgehead atoms. The van der Waals surface area contributed by atoms with E-state index in [1.807, 2.05) is 0 Å². The van der Waals surface area contributed by atoms with Gasteiger partial charge in [0.1, 0.15) is 4.75 Å². The second kappa shape index (κ2) is 9.57. The summed E-state index contributed by atoms with van der Waals surface area (Å²) in [5, 5.41) is 14.1. The average Bonchev–Trinajstić information content (AvgIpc) is 3.25. The number of hydrogen-bond acceptors (Lipinski definition) is 7. The van der Waals surface area contributed by atoms with E-state index < -0.39 is 26.7 Å². The molecule has 0 amide bonds. The van der Waals surface area contributed by atoms with Crippen molar-refractivity contribution in [2.75, 3.05) is 11.9 Å². The molecule has 11 heteroatoms. The first-order valence-electron chi connectivity index (χ1n) is 11.9. The Labute approximate surface area is 214 Å². The number of aliphatic hydroxyl groups is 1. The van der Waals surface area contributed by atoms with E-state index in [9.17, 15) is 17.9 Å². The van der Waals surface area contributed by atoms with Crippen LogP contribution in [-0.4, -0.2) is 49.8 Å². The molecule has 2 N–H and O–H groups in total. The van der Waals surface area contributed by atoms with Crippen LogP contribution >= 0.6 is 11.6 Å². The molecule has 0 saturated heterocycles. The molecule has 0 aromatic carbocycles. The van der Waals surface area contributed by atoms with E-state index in [-0.39, 0.29) is 29.6 Å². The highest BCUT2D eigenvalue weighted by Crippen LogP contribution is 2.36. The Balaban J connectivity index is 1.54. The molecule has 3 aromatic heterocycles. The van der Waals surface area contributed by atoms with Gasteiger partial charge in [0.2, 0.25) is 10.0 Å². The van der Waals surface area contributed by atoms with E-state index >= 15 is 0 Å². The number of aromatic nitrogens is 4. The number of pyridine rings is 1. The third-order valence-corrected chi connectivity index (χ3v) is 9.50. The quantitative estimate of drug-likeness (QED) is 0.477. The molecule has 0 aliphatic heterocycles. The van der Waals surface area contributed by atoms with Crippen LogP contribution in [-0.2, 0) is 10.0 Å². The molecular formula is C25H27ClFN5O3S. The maximum Gasteiger partial charge on any atom is 0.249 e. The van der Waals surface area contributed by atoms with Crippen LogP contribution in [0.3, 0.4) is 0 Å². The Bertz CT molecular complexity index is 1470. The Morgan fingerprint density at radius 2 is 2.11 bits per heavy atom. The number of nitrogens with one attached hydrogen (secondary N) is 1. The van der Waals surface area contributed by atoms with Crippen LogP contribution in [0.1, 0.15) is 39.0 Å². The monoisotopic (exact) mass is 531 g/mol. The lowest BCUT2D eigenvalue weighted by molar-refractivity contribution is 0.0762. The Kier molecular flexibility index (Phi) is 6.61. The van der Waals surface area contributed by atoms with Gasteiger partial charge in [-0.2, -0.15) is 0 Å². The highest BCUT2D eigenvalue weighted by atomic mass is 35.5. The zero-order valence-corrected chi connectivity index (χ0v) is 21.3. The molecule has 190 valence electrons. The largest absolute Gasteiger partial charge is 0.393 e. The highest BCUT2D eigenvalue weighted by Gasteiger charge is 2.40. The lowest BCUT2D eigenvalue weighted by Crippen LogP contribution is -2.38. The summed E-state index contributed by atoms with van der Waals surface area (Å²) in [6, 6.07) is 3.42. The van der Waals surface area contributed by atoms with E-state index in [1.54, 1.807) is 31.2 Å². The van der Waals surface area contributed by atoms with Crippen LogP contribution in [0.2, 0.25) is 0 Å². The van der Waals surface area contributed by atoms with E-state index in [0.717, 1.165) is 35.9 Å². The summed E-state index contributed by atoms with van der Waals surface area (Å²) in [5.74, 6) is -0.445. The maximum atomic E-state index is 14.6. The predicted molar refractivity (Wildman–Crippen MR) is 138 cm³/mol. The molecule has 1 fully saturated rings. The van der Waals surface area contributed by atoms with Gasteiger partial charge in [0.15, 0.2) is 23.1 Å². The molecule has 0 radical (unpaired) electrons. The number of hydrogen-bond donors (Lipinski definition) is 2. The lowest BCUT2D eigenvalue weighted by Gasteiger charge is -2.27. The summed E-state index contributed by atoms with van der Waals surface area (Å²) in [5.41, 5.74) is 0.632. The Morgan fingerprint density at radius 3 is 2.89 bits per heavy atom. The molecule has 36 heavy (non-hydrogen) atoms. The number of allylic oxidation sites excluding steroid dienone is 3. The van der Waals surface area contributed by atoms with Gasteiger partial charge in [-0.1, -0.05) is 30.5 Å². The minimum Gasteiger partial charge on any atom is -0.393 e. The van der Waals surface area contributed by atoms with Crippen molar-refractivity contribution in [1.82, 2.24) is 18.9 Å².